The molecular weight excluding hydrogens is 220 g/mol. The number of carbonyl (C=O) groups is 2. The Balaban J connectivity index is 2.44. The lowest BCUT2D eigenvalue weighted by Gasteiger charge is -2.13. The van der Waals surface area contributed by atoms with Crippen molar-refractivity contribution in [2.75, 3.05) is 0 Å². The van der Waals surface area contributed by atoms with Gasteiger partial charge < -0.3 is 9.63 Å². The number of rotatable bonds is 6. The molecule has 0 amide bonds. The van der Waals surface area contributed by atoms with E-state index in [9.17, 15) is 9.59 Å². The zero-order chi connectivity index (χ0) is 12.7. The maximum absolute atomic E-state index is 11.5. The first-order chi connectivity index (χ1) is 8.13. The van der Waals surface area contributed by atoms with Crippen LogP contribution in [0.25, 0.3) is 0 Å². The van der Waals surface area contributed by atoms with Crippen molar-refractivity contribution in [3.05, 3.63) is 30.1 Å². The SMILES string of the molecule is CC(C)C[C@H](C=O)NOC(=O)c1cccnc1. The maximum atomic E-state index is 11.5. The van der Waals surface area contributed by atoms with Crippen molar-refractivity contribution in [3.8, 4) is 0 Å². The molecule has 0 aliphatic carbocycles. The lowest BCUT2D eigenvalue weighted by atomic mass is 10.1. The van der Waals surface area contributed by atoms with Crippen LogP contribution in [-0.4, -0.2) is 23.3 Å². The predicted octanol–water partition coefficient (Wildman–Crippen LogP) is 1.36. The predicted molar refractivity (Wildman–Crippen MR) is 62.1 cm³/mol. The number of aldehydes is 1. The highest BCUT2D eigenvalue weighted by Crippen LogP contribution is 2.04. The fourth-order valence-corrected chi connectivity index (χ4v) is 1.31. The van der Waals surface area contributed by atoms with Crippen molar-refractivity contribution in [1.82, 2.24) is 10.5 Å². The zero-order valence-corrected chi connectivity index (χ0v) is 9.92. The number of nitrogens with one attached hydrogen (secondary N) is 1. The second kappa shape index (κ2) is 6.75. The maximum Gasteiger partial charge on any atom is 0.358 e. The lowest BCUT2D eigenvalue weighted by molar-refractivity contribution is -0.112. The fraction of sp³-hybridized carbons (Fsp3) is 0.417. The van der Waals surface area contributed by atoms with Crippen LogP contribution in [0.4, 0.5) is 0 Å². The number of pyridine rings is 1. The summed E-state index contributed by atoms with van der Waals surface area (Å²) in [5.41, 5.74) is 2.80. The average Bonchev–Trinajstić information content (AvgIpc) is 2.34. The molecule has 1 atom stereocenters. The summed E-state index contributed by atoms with van der Waals surface area (Å²) in [6, 6.07) is 2.76. The molecule has 0 fully saturated rings. The molecule has 17 heavy (non-hydrogen) atoms. The third-order valence-electron chi connectivity index (χ3n) is 2.09. The molecule has 1 aromatic heterocycles. The van der Waals surface area contributed by atoms with Gasteiger partial charge in [-0.25, -0.2) is 4.79 Å². The summed E-state index contributed by atoms with van der Waals surface area (Å²) in [5.74, 6) is -0.205. The van der Waals surface area contributed by atoms with Crippen LogP contribution in [0, 0.1) is 5.92 Å². The highest BCUT2D eigenvalue weighted by Gasteiger charge is 2.13. The molecule has 1 rings (SSSR count). The Kier molecular flexibility index (Phi) is 5.29. The summed E-state index contributed by atoms with van der Waals surface area (Å²) in [6.07, 6.45) is 4.32. The Morgan fingerprint density at radius 3 is 2.88 bits per heavy atom. The molecular formula is C12H16N2O3. The van der Waals surface area contributed by atoms with E-state index in [1.54, 1.807) is 18.3 Å². The monoisotopic (exact) mass is 236 g/mol. The molecule has 1 heterocycles. The van der Waals surface area contributed by atoms with Gasteiger partial charge in [0, 0.05) is 12.4 Å². The van der Waals surface area contributed by atoms with E-state index < -0.39 is 12.0 Å². The van der Waals surface area contributed by atoms with Crippen molar-refractivity contribution < 1.29 is 14.4 Å². The van der Waals surface area contributed by atoms with E-state index in [0.717, 1.165) is 6.29 Å². The smallest absolute Gasteiger partial charge is 0.358 e. The highest BCUT2D eigenvalue weighted by molar-refractivity contribution is 5.88. The Morgan fingerprint density at radius 1 is 1.59 bits per heavy atom. The van der Waals surface area contributed by atoms with E-state index in [0.29, 0.717) is 17.9 Å². The summed E-state index contributed by atoms with van der Waals surface area (Å²) in [4.78, 5) is 30.9. The highest BCUT2D eigenvalue weighted by atomic mass is 16.7. The molecule has 0 aliphatic heterocycles. The Bertz CT molecular complexity index is 365. The van der Waals surface area contributed by atoms with Gasteiger partial charge in [0.05, 0.1) is 11.6 Å². The fourth-order valence-electron chi connectivity index (χ4n) is 1.31. The standard InChI is InChI=1S/C12H16N2O3/c1-9(2)6-11(8-15)14-17-12(16)10-4-3-5-13-7-10/h3-5,7-9,11,14H,6H2,1-2H3/t11-/m1/s1. The summed E-state index contributed by atoms with van der Waals surface area (Å²) in [5, 5.41) is 0. The van der Waals surface area contributed by atoms with Crippen LogP contribution < -0.4 is 5.48 Å². The van der Waals surface area contributed by atoms with E-state index in [2.05, 4.69) is 10.5 Å². The van der Waals surface area contributed by atoms with E-state index >= 15 is 0 Å². The number of hydrogen-bond donors (Lipinski definition) is 1. The van der Waals surface area contributed by atoms with Gasteiger partial charge in [0.15, 0.2) is 0 Å². The molecule has 0 bridgehead atoms. The second-order valence-electron chi connectivity index (χ2n) is 4.12. The van der Waals surface area contributed by atoms with E-state index in [-0.39, 0.29) is 0 Å². The summed E-state index contributed by atoms with van der Waals surface area (Å²) in [7, 11) is 0. The van der Waals surface area contributed by atoms with Gasteiger partial charge in [0.25, 0.3) is 0 Å². The van der Waals surface area contributed by atoms with Gasteiger partial charge in [0.2, 0.25) is 0 Å². The van der Waals surface area contributed by atoms with E-state index in [1.807, 2.05) is 13.8 Å². The Labute approximate surface area is 100 Å². The summed E-state index contributed by atoms with van der Waals surface area (Å²) in [6.45, 7) is 3.97. The first-order valence-electron chi connectivity index (χ1n) is 5.45. The molecule has 5 nitrogen and oxygen atoms in total. The van der Waals surface area contributed by atoms with Gasteiger partial charge in [-0.2, -0.15) is 0 Å². The van der Waals surface area contributed by atoms with Crippen LogP contribution in [0.3, 0.4) is 0 Å². The van der Waals surface area contributed by atoms with Crippen LogP contribution in [0.15, 0.2) is 24.5 Å². The second-order valence-corrected chi connectivity index (χ2v) is 4.12. The minimum Gasteiger partial charge on any atom is -0.366 e. The molecule has 0 saturated heterocycles. The van der Waals surface area contributed by atoms with Crippen LogP contribution >= 0.6 is 0 Å². The molecule has 0 spiro atoms. The molecule has 0 radical (unpaired) electrons. The largest absolute Gasteiger partial charge is 0.366 e. The van der Waals surface area contributed by atoms with E-state index in [4.69, 9.17) is 4.84 Å². The molecule has 1 N–H and O–H groups in total. The molecule has 0 unspecified atom stereocenters. The molecule has 0 aliphatic rings. The number of aromatic nitrogens is 1. The molecule has 92 valence electrons. The van der Waals surface area contributed by atoms with Gasteiger partial charge >= 0.3 is 5.97 Å². The normalized spacial score (nSPS) is 12.2. The van der Waals surface area contributed by atoms with Crippen molar-refractivity contribution in [2.24, 2.45) is 5.92 Å². The van der Waals surface area contributed by atoms with E-state index in [1.165, 1.54) is 6.20 Å². The van der Waals surface area contributed by atoms with Crippen LogP contribution in [0.1, 0.15) is 30.6 Å². The first-order valence-corrected chi connectivity index (χ1v) is 5.45. The minimum absolute atomic E-state index is 0.342. The van der Waals surface area contributed by atoms with Crippen LogP contribution in [0.5, 0.6) is 0 Å². The van der Waals surface area contributed by atoms with Gasteiger partial charge in [-0.05, 0) is 24.5 Å². The number of hydroxylamine groups is 1. The average molecular weight is 236 g/mol. The Hall–Kier alpha value is -1.75. The molecule has 0 saturated carbocycles. The van der Waals surface area contributed by atoms with Gasteiger partial charge in [-0.15, -0.1) is 5.48 Å². The minimum atomic E-state index is -0.547. The molecule has 1 aromatic rings. The van der Waals surface area contributed by atoms with Gasteiger partial charge in [-0.3, -0.25) is 4.98 Å². The van der Waals surface area contributed by atoms with Crippen molar-refractivity contribution >= 4 is 12.3 Å². The molecule has 0 aromatic carbocycles. The summed E-state index contributed by atoms with van der Waals surface area (Å²) >= 11 is 0. The van der Waals surface area contributed by atoms with Crippen LogP contribution in [-0.2, 0) is 9.63 Å². The quantitative estimate of drug-likeness (QED) is 0.596. The molecule has 5 heteroatoms. The van der Waals surface area contributed by atoms with Gasteiger partial charge in [-0.1, -0.05) is 13.8 Å². The lowest BCUT2D eigenvalue weighted by Crippen LogP contribution is -2.34. The third-order valence-corrected chi connectivity index (χ3v) is 2.09. The topological polar surface area (TPSA) is 68.3 Å². The number of hydrogen-bond acceptors (Lipinski definition) is 5. The number of carbonyl (C=O) groups excluding carboxylic acids is 2. The van der Waals surface area contributed by atoms with Crippen LogP contribution in [0.2, 0.25) is 0 Å². The van der Waals surface area contributed by atoms with Gasteiger partial charge in [0.1, 0.15) is 6.29 Å². The number of nitrogens with zero attached hydrogens (tertiary/aromatic N) is 1. The first kappa shape index (κ1) is 13.3. The Morgan fingerprint density at radius 2 is 2.35 bits per heavy atom. The van der Waals surface area contributed by atoms with Crippen molar-refractivity contribution in [3.63, 3.8) is 0 Å². The van der Waals surface area contributed by atoms with Crippen molar-refractivity contribution in [1.29, 1.82) is 0 Å². The van der Waals surface area contributed by atoms with Crippen molar-refractivity contribution in [2.45, 2.75) is 26.3 Å². The summed E-state index contributed by atoms with van der Waals surface area (Å²) < 4.78 is 0. The third kappa shape index (κ3) is 4.74. The zero-order valence-electron chi connectivity index (χ0n) is 9.92.